The van der Waals surface area contributed by atoms with Gasteiger partial charge in [0.05, 0.1) is 31.9 Å². The Bertz CT molecular complexity index is 682. The van der Waals surface area contributed by atoms with Crippen LogP contribution in [-0.2, 0) is 27.2 Å². The minimum atomic E-state index is -0.764. The zero-order valence-corrected chi connectivity index (χ0v) is 14.8. The monoisotopic (exact) mass is 367 g/mol. The second kappa shape index (κ2) is 7.94. The number of quaternary nitrogens is 1. The summed E-state index contributed by atoms with van der Waals surface area (Å²) in [6.45, 7) is 4.44. The third kappa shape index (κ3) is 4.17. The van der Waals surface area contributed by atoms with E-state index in [1.807, 2.05) is 0 Å². The first-order chi connectivity index (χ1) is 12.1. The number of anilines is 1. The molecule has 25 heavy (non-hydrogen) atoms. The van der Waals surface area contributed by atoms with Crippen molar-refractivity contribution in [1.29, 1.82) is 0 Å². The quantitative estimate of drug-likeness (QED) is 0.465. The van der Waals surface area contributed by atoms with E-state index in [9.17, 15) is 14.4 Å². The number of fused-ring (bicyclic) bond motifs is 1. The minimum Gasteiger partial charge on any atom is -0.370 e. The van der Waals surface area contributed by atoms with Crippen molar-refractivity contribution in [3.8, 4) is 0 Å². The Morgan fingerprint density at radius 2 is 1.92 bits per heavy atom. The summed E-state index contributed by atoms with van der Waals surface area (Å²) in [4.78, 5) is 38.2. The zero-order chi connectivity index (χ0) is 17.8. The van der Waals surface area contributed by atoms with Gasteiger partial charge in [-0.3, -0.25) is 14.4 Å². The molecule has 5 N–H and O–H groups in total. The lowest BCUT2D eigenvalue weighted by atomic mass is 10.1. The van der Waals surface area contributed by atoms with Gasteiger partial charge in [-0.15, -0.1) is 11.3 Å². The average Bonchev–Trinajstić information content (AvgIpc) is 3.15. The van der Waals surface area contributed by atoms with Crippen molar-refractivity contribution in [2.24, 2.45) is 5.73 Å². The molecular formula is C16H23N4O4S+. The number of hydrogen-bond acceptors (Lipinski definition) is 5. The number of carbonyl (C=O) groups excluding carboxylic acids is 3. The van der Waals surface area contributed by atoms with Gasteiger partial charge in [-0.25, -0.2) is 0 Å². The normalized spacial score (nSPS) is 17.1. The van der Waals surface area contributed by atoms with Crippen LogP contribution in [0.4, 0.5) is 5.00 Å². The Kier molecular flexibility index (Phi) is 5.67. The number of carbonyl (C=O) groups is 3. The number of nitrogens with one attached hydrogen (secondary N) is 3. The van der Waals surface area contributed by atoms with Gasteiger partial charge in [0.2, 0.25) is 0 Å². The van der Waals surface area contributed by atoms with Crippen molar-refractivity contribution >= 4 is 34.1 Å². The fourth-order valence-electron chi connectivity index (χ4n) is 3.26. The first-order valence-electron chi connectivity index (χ1n) is 8.51. The molecule has 1 aromatic rings. The van der Waals surface area contributed by atoms with Gasteiger partial charge in [-0.2, -0.15) is 0 Å². The highest BCUT2D eigenvalue weighted by atomic mass is 32.1. The molecule has 0 unspecified atom stereocenters. The number of morpholine rings is 1. The van der Waals surface area contributed by atoms with Crippen molar-refractivity contribution in [2.75, 3.05) is 44.7 Å². The number of hydrogen-bond donors (Lipinski definition) is 4. The molecule has 1 fully saturated rings. The summed E-state index contributed by atoms with van der Waals surface area (Å²) in [7, 11) is 0. The van der Waals surface area contributed by atoms with E-state index in [-0.39, 0.29) is 0 Å². The SMILES string of the molecule is NC(=O)c1c(NC(=O)C(=O)NCC[NH+]2CCOCC2)sc2c1CCC2. The Balaban J connectivity index is 1.53. The molecule has 0 atom stereocenters. The molecule has 136 valence electrons. The van der Waals surface area contributed by atoms with Crippen LogP contribution >= 0.6 is 11.3 Å². The smallest absolute Gasteiger partial charge is 0.314 e. The molecule has 0 aromatic carbocycles. The average molecular weight is 367 g/mol. The number of thiophene rings is 1. The largest absolute Gasteiger partial charge is 0.370 e. The van der Waals surface area contributed by atoms with E-state index in [4.69, 9.17) is 10.5 Å². The van der Waals surface area contributed by atoms with Crippen LogP contribution in [0.1, 0.15) is 27.2 Å². The van der Waals surface area contributed by atoms with Crippen LogP contribution in [0.15, 0.2) is 0 Å². The number of aryl methyl sites for hydroxylation is 1. The van der Waals surface area contributed by atoms with Gasteiger partial charge in [0.25, 0.3) is 5.91 Å². The first-order valence-corrected chi connectivity index (χ1v) is 9.32. The van der Waals surface area contributed by atoms with Crippen LogP contribution in [0, 0.1) is 0 Å². The molecule has 1 aliphatic carbocycles. The van der Waals surface area contributed by atoms with Gasteiger partial charge in [0.1, 0.15) is 18.1 Å². The maximum atomic E-state index is 12.1. The second-order valence-corrected chi connectivity index (χ2v) is 7.35. The Labute approximate surface area is 149 Å². The van der Waals surface area contributed by atoms with Crippen LogP contribution in [0.5, 0.6) is 0 Å². The van der Waals surface area contributed by atoms with Crippen molar-refractivity contribution in [3.63, 3.8) is 0 Å². The van der Waals surface area contributed by atoms with Crippen molar-refractivity contribution in [3.05, 3.63) is 16.0 Å². The lowest BCUT2D eigenvalue weighted by molar-refractivity contribution is -0.906. The minimum absolute atomic E-state index is 0.358. The molecular weight excluding hydrogens is 344 g/mol. The summed E-state index contributed by atoms with van der Waals surface area (Å²) in [5.41, 5.74) is 6.73. The van der Waals surface area contributed by atoms with E-state index in [0.717, 1.165) is 62.6 Å². The number of primary amides is 1. The topological polar surface area (TPSA) is 115 Å². The van der Waals surface area contributed by atoms with Crippen LogP contribution in [-0.4, -0.2) is 57.1 Å². The number of amides is 3. The van der Waals surface area contributed by atoms with Gasteiger partial charge in [0, 0.05) is 4.88 Å². The zero-order valence-electron chi connectivity index (χ0n) is 14.0. The molecule has 0 saturated carbocycles. The fourth-order valence-corrected chi connectivity index (χ4v) is 4.55. The summed E-state index contributed by atoms with van der Waals surface area (Å²) in [6, 6.07) is 0. The van der Waals surface area contributed by atoms with Gasteiger partial charge in [0.15, 0.2) is 0 Å². The van der Waals surface area contributed by atoms with E-state index in [0.29, 0.717) is 17.1 Å². The molecule has 1 aromatic heterocycles. The second-order valence-electron chi connectivity index (χ2n) is 6.25. The molecule has 8 nitrogen and oxygen atoms in total. The van der Waals surface area contributed by atoms with Gasteiger partial charge in [-0.05, 0) is 24.8 Å². The fraction of sp³-hybridized carbons (Fsp3) is 0.562. The number of rotatable bonds is 5. The summed E-state index contributed by atoms with van der Waals surface area (Å²) < 4.78 is 5.28. The molecule has 2 aliphatic rings. The van der Waals surface area contributed by atoms with E-state index in [1.54, 1.807) is 0 Å². The predicted octanol–water partition coefficient (Wildman–Crippen LogP) is -1.69. The molecule has 3 rings (SSSR count). The van der Waals surface area contributed by atoms with Crippen LogP contribution in [0.25, 0.3) is 0 Å². The lowest BCUT2D eigenvalue weighted by Crippen LogP contribution is -3.14. The van der Waals surface area contributed by atoms with Crippen LogP contribution in [0.2, 0.25) is 0 Å². The Morgan fingerprint density at radius 3 is 2.64 bits per heavy atom. The highest BCUT2D eigenvalue weighted by Gasteiger charge is 2.27. The van der Waals surface area contributed by atoms with Gasteiger partial charge in [-0.1, -0.05) is 0 Å². The molecule has 1 saturated heterocycles. The predicted molar refractivity (Wildman–Crippen MR) is 92.9 cm³/mol. The standard InChI is InChI=1S/C16H22N4O4S/c17-13(21)12-10-2-1-3-11(10)25-16(12)19-15(23)14(22)18-4-5-20-6-8-24-9-7-20/h1-9H2,(H2,17,21)(H,18,22)(H,19,23)/p+1. The van der Waals surface area contributed by atoms with Crippen molar-refractivity contribution < 1.29 is 24.0 Å². The molecule has 2 heterocycles. The molecule has 0 bridgehead atoms. The summed E-state index contributed by atoms with van der Waals surface area (Å²) in [5, 5.41) is 5.56. The highest BCUT2D eigenvalue weighted by Crippen LogP contribution is 2.38. The summed E-state index contributed by atoms with van der Waals surface area (Å²) in [6.07, 6.45) is 2.65. The lowest BCUT2D eigenvalue weighted by Gasteiger charge is -2.23. The summed E-state index contributed by atoms with van der Waals surface area (Å²) >= 11 is 1.34. The molecule has 0 spiro atoms. The van der Waals surface area contributed by atoms with E-state index < -0.39 is 17.7 Å². The molecule has 9 heteroatoms. The van der Waals surface area contributed by atoms with Crippen molar-refractivity contribution in [2.45, 2.75) is 19.3 Å². The van der Waals surface area contributed by atoms with Gasteiger partial charge >= 0.3 is 11.8 Å². The number of ether oxygens (including phenoxy) is 1. The third-order valence-corrected chi connectivity index (χ3v) is 5.77. The van der Waals surface area contributed by atoms with Crippen LogP contribution < -0.4 is 21.3 Å². The first kappa shape index (κ1) is 17.8. The maximum absolute atomic E-state index is 12.1. The molecule has 1 aliphatic heterocycles. The number of nitrogens with two attached hydrogens (primary N) is 1. The van der Waals surface area contributed by atoms with Crippen LogP contribution in [0.3, 0.4) is 0 Å². The van der Waals surface area contributed by atoms with Crippen molar-refractivity contribution in [1.82, 2.24) is 5.32 Å². The molecule has 0 radical (unpaired) electrons. The third-order valence-electron chi connectivity index (χ3n) is 4.57. The summed E-state index contributed by atoms with van der Waals surface area (Å²) in [5.74, 6) is -2.03. The van der Waals surface area contributed by atoms with E-state index in [2.05, 4.69) is 10.6 Å². The Morgan fingerprint density at radius 1 is 1.16 bits per heavy atom. The highest BCUT2D eigenvalue weighted by molar-refractivity contribution is 7.17. The van der Waals surface area contributed by atoms with E-state index in [1.165, 1.54) is 16.2 Å². The van der Waals surface area contributed by atoms with E-state index >= 15 is 0 Å². The Hall–Kier alpha value is -1.97. The van der Waals surface area contributed by atoms with Gasteiger partial charge < -0.3 is 26.0 Å². The maximum Gasteiger partial charge on any atom is 0.314 e. The molecule has 3 amide bonds.